The van der Waals surface area contributed by atoms with Crippen molar-refractivity contribution in [3.8, 4) is 17.3 Å². The third-order valence-electron chi connectivity index (χ3n) is 11.3. The van der Waals surface area contributed by atoms with Crippen LogP contribution in [0.25, 0.3) is 22.4 Å². The first kappa shape index (κ1) is 34.0. The largest absolute Gasteiger partial charge is 0.497 e. The normalized spacial score (nSPS) is 24.7. The van der Waals surface area contributed by atoms with Crippen LogP contribution in [0, 0.1) is 29.0 Å². The van der Waals surface area contributed by atoms with Crippen LogP contribution in [0.4, 0.5) is 18.9 Å². The van der Waals surface area contributed by atoms with Gasteiger partial charge in [0.15, 0.2) is 11.8 Å². The molecule has 264 valence electrons. The molecule has 4 fully saturated rings. The maximum Gasteiger partial charge on any atom is 0.261 e. The predicted molar refractivity (Wildman–Crippen MR) is 187 cm³/mol. The zero-order valence-corrected chi connectivity index (χ0v) is 28.7. The highest BCUT2D eigenvalue weighted by molar-refractivity contribution is 5.96. The topological polar surface area (TPSA) is 110 Å². The van der Waals surface area contributed by atoms with Gasteiger partial charge in [0, 0.05) is 50.3 Å². The number of rotatable bonds is 8. The number of aryl methyl sites for hydroxylation is 1. The molecule has 0 radical (unpaired) electrons. The molecule has 0 amide bonds. The van der Waals surface area contributed by atoms with Gasteiger partial charge in [0.05, 0.1) is 36.3 Å². The summed E-state index contributed by atoms with van der Waals surface area (Å²) in [5.74, 6) is 2.36. The Bertz CT molecular complexity index is 1950. The van der Waals surface area contributed by atoms with Crippen LogP contribution in [-0.4, -0.2) is 75.6 Å². The van der Waals surface area contributed by atoms with E-state index < -0.39 is 18.3 Å². The number of aromatic nitrogens is 4. The summed E-state index contributed by atoms with van der Waals surface area (Å²) >= 11 is 0. The number of guanidine groups is 1. The summed E-state index contributed by atoms with van der Waals surface area (Å²) in [5, 5.41) is 6.76. The molecular formula is C37H43F3N8O2. The van der Waals surface area contributed by atoms with Crippen LogP contribution in [0.3, 0.4) is 0 Å². The van der Waals surface area contributed by atoms with E-state index in [9.17, 15) is 18.0 Å². The molecular weight excluding hydrogens is 645 g/mol. The zero-order valence-electron chi connectivity index (χ0n) is 28.7. The molecule has 4 aromatic rings. The Labute approximate surface area is 289 Å². The minimum absolute atomic E-state index is 0.0683. The first-order chi connectivity index (χ1) is 24.0. The van der Waals surface area contributed by atoms with E-state index in [2.05, 4.69) is 41.4 Å². The highest BCUT2D eigenvalue weighted by Crippen LogP contribution is 2.61. The lowest BCUT2D eigenvalue weighted by Gasteiger charge is -2.61. The van der Waals surface area contributed by atoms with Gasteiger partial charge in [0.25, 0.3) is 12.0 Å². The maximum absolute atomic E-state index is 14.8. The van der Waals surface area contributed by atoms with E-state index in [1.165, 1.54) is 42.8 Å². The lowest BCUT2D eigenvalue weighted by atomic mass is 9.45. The smallest absolute Gasteiger partial charge is 0.261 e. The Balaban J connectivity index is 1.23. The van der Waals surface area contributed by atoms with Crippen molar-refractivity contribution >= 4 is 22.5 Å². The van der Waals surface area contributed by atoms with E-state index in [0.29, 0.717) is 76.2 Å². The number of halogens is 3. The summed E-state index contributed by atoms with van der Waals surface area (Å²) in [6.07, 6.45) is 4.49. The summed E-state index contributed by atoms with van der Waals surface area (Å²) in [4.78, 5) is 34.7. The van der Waals surface area contributed by atoms with E-state index in [1.807, 2.05) is 4.90 Å². The number of alkyl halides is 2. The number of anilines is 1. The van der Waals surface area contributed by atoms with Crippen LogP contribution < -0.4 is 20.9 Å². The molecule has 0 spiro atoms. The summed E-state index contributed by atoms with van der Waals surface area (Å²) in [7, 11) is 1.48. The van der Waals surface area contributed by atoms with Gasteiger partial charge in [0.1, 0.15) is 17.3 Å². The minimum Gasteiger partial charge on any atom is -0.497 e. The number of hydrogen-bond donors (Lipinski definition) is 2. The second kappa shape index (κ2) is 13.7. The van der Waals surface area contributed by atoms with Gasteiger partial charge in [-0.1, -0.05) is 26.8 Å². The van der Waals surface area contributed by atoms with Crippen LogP contribution in [0.2, 0.25) is 0 Å². The average molecular weight is 689 g/mol. The molecule has 50 heavy (non-hydrogen) atoms. The van der Waals surface area contributed by atoms with Gasteiger partial charge in [-0.05, 0) is 72.3 Å². The number of benzene rings is 2. The van der Waals surface area contributed by atoms with Crippen molar-refractivity contribution < 1.29 is 17.9 Å². The van der Waals surface area contributed by atoms with Gasteiger partial charge in [-0.15, -0.1) is 0 Å². The van der Waals surface area contributed by atoms with Crippen molar-refractivity contribution in [3.05, 3.63) is 76.7 Å². The SMILES string of the molecule is COc1ccc(CCn2c(-c3cnccn3)nc3cc(NC(=NC4C[C@@H]5C[C@H]([C@@H]4C)C5(C)C)N4CCN[C@@H](C(F)F)C4)ccc3c2=O)c(F)c1. The van der Waals surface area contributed by atoms with Crippen molar-refractivity contribution in [2.45, 2.75) is 65.1 Å². The third-order valence-corrected chi connectivity index (χ3v) is 11.3. The van der Waals surface area contributed by atoms with Gasteiger partial charge in [-0.2, -0.15) is 0 Å². The molecule has 10 nitrogen and oxygen atoms in total. The van der Waals surface area contributed by atoms with E-state index in [0.717, 1.165) is 6.42 Å². The van der Waals surface area contributed by atoms with Crippen molar-refractivity contribution in [2.75, 3.05) is 32.1 Å². The summed E-state index contributed by atoms with van der Waals surface area (Å²) < 4.78 is 49.1. The Hall–Kier alpha value is -4.52. The van der Waals surface area contributed by atoms with E-state index >= 15 is 0 Å². The Kier molecular flexibility index (Phi) is 9.27. The quantitative estimate of drug-likeness (QED) is 0.182. The van der Waals surface area contributed by atoms with Gasteiger partial charge < -0.3 is 20.3 Å². The molecule has 2 N–H and O–H groups in total. The number of nitrogens with zero attached hydrogens (tertiary/aromatic N) is 6. The van der Waals surface area contributed by atoms with Crippen LogP contribution in [0.15, 0.2) is 64.8 Å². The number of hydrogen-bond acceptors (Lipinski definition) is 7. The van der Waals surface area contributed by atoms with Crippen molar-refractivity contribution in [3.63, 3.8) is 0 Å². The molecule has 2 aromatic heterocycles. The zero-order chi connectivity index (χ0) is 35.2. The fourth-order valence-electron chi connectivity index (χ4n) is 8.12. The number of nitrogens with one attached hydrogen (secondary N) is 2. The molecule has 2 bridgehead atoms. The molecule has 3 aliphatic carbocycles. The fraction of sp³-hybridized carbons (Fsp3) is 0.486. The molecule has 1 saturated heterocycles. The molecule has 3 heterocycles. The first-order valence-corrected chi connectivity index (χ1v) is 17.3. The predicted octanol–water partition coefficient (Wildman–Crippen LogP) is 5.62. The summed E-state index contributed by atoms with van der Waals surface area (Å²) in [6, 6.07) is 9.01. The second-order valence-corrected chi connectivity index (χ2v) is 14.4. The van der Waals surface area contributed by atoms with Gasteiger partial charge in [0.2, 0.25) is 0 Å². The van der Waals surface area contributed by atoms with E-state index in [1.54, 1.807) is 30.3 Å². The van der Waals surface area contributed by atoms with Crippen molar-refractivity contribution in [2.24, 2.45) is 28.2 Å². The van der Waals surface area contributed by atoms with Crippen LogP contribution in [0.1, 0.15) is 39.2 Å². The highest BCUT2D eigenvalue weighted by Gasteiger charge is 2.56. The monoisotopic (exact) mass is 688 g/mol. The molecule has 4 aliphatic rings. The standard InChI is InChI=1S/C37H43F3N8O2/c1-21-27-15-23(37(27,2)3)16-29(21)46-36(47-14-12-43-32(20-47)33(39)40)44-24-6-8-26-30(17-24)45-34(31-19-41-10-11-42-31)48(35(26)49)13-9-22-5-7-25(50-4)18-28(22)38/h5-8,10-11,17-19,21,23,27,29,32-33,43H,9,12-16,20H2,1-4H3,(H,44,46)/t21-,23-,27+,29?,32+/m0/s1. The Morgan fingerprint density at radius 3 is 2.72 bits per heavy atom. The molecule has 1 aliphatic heterocycles. The average Bonchev–Trinajstić information content (AvgIpc) is 3.12. The minimum atomic E-state index is -2.51. The Morgan fingerprint density at radius 2 is 2.02 bits per heavy atom. The molecule has 1 unspecified atom stereocenters. The summed E-state index contributed by atoms with van der Waals surface area (Å²) in [6.45, 7) is 8.15. The highest BCUT2D eigenvalue weighted by atomic mass is 19.3. The number of fused-ring (bicyclic) bond motifs is 3. The lowest BCUT2D eigenvalue weighted by molar-refractivity contribution is -0.108. The molecule has 3 saturated carbocycles. The van der Waals surface area contributed by atoms with E-state index in [4.69, 9.17) is 14.7 Å². The van der Waals surface area contributed by atoms with Gasteiger partial charge in [-0.3, -0.25) is 14.3 Å². The van der Waals surface area contributed by atoms with Gasteiger partial charge in [-0.25, -0.2) is 28.1 Å². The van der Waals surface area contributed by atoms with Crippen LogP contribution >= 0.6 is 0 Å². The first-order valence-electron chi connectivity index (χ1n) is 17.3. The number of piperazine rings is 1. The molecule has 5 atom stereocenters. The lowest BCUT2D eigenvalue weighted by Crippen LogP contribution is -2.58. The number of methoxy groups -OCH3 is 1. The summed E-state index contributed by atoms with van der Waals surface area (Å²) in [5.41, 5.74) is 1.87. The van der Waals surface area contributed by atoms with Crippen LogP contribution in [0.5, 0.6) is 5.75 Å². The molecule has 8 rings (SSSR count). The third kappa shape index (κ3) is 6.43. The maximum atomic E-state index is 14.8. The fourth-order valence-corrected chi connectivity index (χ4v) is 8.12. The van der Waals surface area contributed by atoms with Crippen LogP contribution in [-0.2, 0) is 13.0 Å². The molecule has 2 aromatic carbocycles. The van der Waals surface area contributed by atoms with Gasteiger partial charge >= 0.3 is 0 Å². The number of ether oxygens (including phenoxy) is 1. The second-order valence-electron chi connectivity index (χ2n) is 14.4. The Morgan fingerprint density at radius 1 is 1.18 bits per heavy atom. The number of aliphatic imine (C=N–C) groups is 1. The van der Waals surface area contributed by atoms with Crippen molar-refractivity contribution in [1.82, 2.24) is 29.7 Å². The van der Waals surface area contributed by atoms with E-state index in [-0.39, 0.29) is 36.5 Å². The van der Waals surface area contributed by atoms with Crippen molar-refractivity contribution in [1.29, 1.82) is 0 Å². The molecule has 13 heteroatoms.